The number of carbonyl (C=O) groups is 1. The molecule has 0 radical (unpaired) electrons. The molecule has 4 heteroatoms. The van der Waals surface area contributed by atoms with Crippen molar-refractivity contribution in [1.29, 1.82) is 0 Å². The Morgan fingerprint density at radius 3 is 2.27 bits per heavy atom. The third kappa shape index (κ3) is 2.81. The predicted molar refractivity (Wildman–Crippen MR) is 86.2 cm³/mol. The molecule has 0 saturated carbocycles. The molecule has 0 aliphatic carbocycles. The molecule has 0 bridgehead atoms. The third-order valence-corrected chi connectivity index (χ3v) is 3.70. The Balaban J connectivity index is 1.88. The summed E-state index contributed by atoms with van der Waals surface area (Å²) in [5.41, 5.74) is 2.09. The van der Waals surface area contributed by atoms with Gasteiger partial charge in [0.2, 0.25) is 5.89 Å². The molecule has 3 aromatic rings. The summed E-state index contributed by atoms with van der Waals surface area (Å²) in [6.45, 7) is 1.96. The monoisotopic (exact) mass is 311 g/mol. The molecule has 110 valence electrons. The fourth-order valence-corrected chi connectivity index (χ4v) is 2.44. The average Bonchev–Trinajstić information content (AvgIpc) is 2.96. The lowest BCUT2D eigenvalue weighted by Gasteiger charge is -2.02. The van der Waals surface area contributed by atoms with Gasteiger partial charge in [-0.3, -0.25) is 4.79 Å². The van der Waals surface area contributed by atoms with E-state index in [-0.39, 0.29) is 5.78 Å². The highest BCUT2D eigenvalue weighted by Crippen LogP contribution is 2.26. The third-order valence-electron chi connectivity index (χ3n) is 3.40. The lowest BCUT2D eigenvalue weighted by molar-refractivity contribution is 0.103. The summed E-state index contributed by atoms with van der Waals surface area (Å²) < 4.78 is 5.61. The Hall–Kier alpha value is -2.39. The first-order valence-electron chi connectivity index (χ1n) is 7.04. The highest BCUT2D eigenvalue weighted by atomic mass is 35.5. The van der Waals surface area contributed by atoms with Gasteiger partial charge in [-0.2, -0.15) is 4.98 Å². The summed E-state index contributed by atoms with van der Waals surface area (Å²) in [5.74, 6) is 1.13. The quantitative estimate of drug-likeness (QED) is 0.651. The van der Waals surface area contributed by atoms with E-state index in [0.717, 1.165) is 5.56 Å². The summed E-state index contributed by atoms with van der Waals surface area (Å²) in [7, 11) is 0. The Bertz CT molecular complexity index is 792. The molecule has 0 unspecified atom stereocenters. The number of halogens is 1. The van der Waals surface area contributed by atoms with E-state index in [4.69, 9.17) is 16.0 Å². The Morgan fingerprint density at radius 2 is 1.68 bits per heavy atom. The van der Waals surface area contributed by atoms with Crippen LogP contribution in [-0.2, 0) is 6.42 Å². The first-order valence-corrected chi connectivity index (χ1v) is 7.42. The first kappa shape index (κ1) is 14.5. The maximum Gasteiger partial charge on any atom is 0.227 e. The molecule has 22 heavy (non-hydrogen) atoms. The van der Waals surface area contributed by atoms with E-state index in [1.165, 1.54) is 0 Å². The molecule has 0 atom stereocenters. The van der Waals surface area contributed by atoms with Gasteiger partial charge in [0.15, 0.2) is 10.9 Å². The van der Waals surface area contributed by atoms with Crippen LogP contribution < -0.4 is 0 Å². The van der Waals surface area contributed by atoms with Gasteiger partial charge in [0.25, 0.3) is 0 Å². The van der Waals surface area contributed by atoms with Gasteiger partial charge in [0.05, 0.1) is 0 Å². The van der Waals surface area contributed by atoms with Crippen molar-refractivity contribution in [2.24, 2.45) is 0 Å². The van der Waals surface area contributed by atoms with Crippen molar-refractivity contribution in [2.45, 2.75) is 13.3 Å². The molecule has 1 heterocycles. The minimum absolute atomic E-state index is 0.00756. The Labute approximate surface area is 133 Å². The number of nitrogens with zero attached hydrogens (tertiary/aromatic N) is 1. The Kier molecular flexibility index (Phi) is 4.07. The van der Waals surface area contributed by atoms with Crippen molar-refractivity contribution in [3.63, 3.8) is 0 Å². The lowest BCUT2D eigenvalue weighted by Crippen LogP contribution is -2.00. The number of aromatic nitrogens is 1. The van der Waals surface area contributed by atoms with Crippen molar-refractivity contribution in [3.8, 4) is 11.5 Å². The molecule has 0 fully saturated rings. The number of oxazole rings is 1. The van der Waals surface area contributed by atoms with Crippen molar-refractivity contribution in [1.82, 2.24) is 4.98 Å². The highest BCUT2D eigenvalue weighted by Gasteiger charge is 2.13. The first-order chi connectivity index (χ1) is 10.7. The number of hydrogen-bond acceptors (Lipinski definition) is 3. The molecule has 1 aromatic heterocycles. The number of carbonyl (C=O) groups excluding carboxylic acids is 1. The van der Waals surface area contributed by atoms with Gasteiger partial charge in [0.1, 0.15) is 5.76 Å². The van der Waals surface area contributed by atoms with Gasteiger partial charge in [-0.05, 0) is 12.1 Å². The second kappa shape index (κ2) is 6.16. The van der Waals surface area contributed by atoms with Gasteiger partial charge >= 0.3 is 0 Å². The zero-order chi connectivity index (χ0) is 15.5. The molecule has 0 saturated heterocycles. The zero-order valence-corrected chi connectivity index (χ0v) is 12.8. The number of benzene rings is 2. The van der Waals surface area contributed by atoms with E-state index < -0.39 is 0 Å². The molecule has 0 aliphatic heterocycles. The molecular formula is C18H14ClNO2. The zero-order valence-electron chi connectivity index (χ0n) is 12.0. The van der Waals surface area contributed by atoms with Gasteiger partial charge in [0, 0.05) is 23.1 Å². The maximum absolute atomic E-state index is 12.3. The van der Waals surface area contributed by atoms with E-state index in [1.54, 1.807) is 24.3 Å². The smallest absolute Gasteiger partial charge is 0.227 e. The summed E-state index contributed by atoms with van der Waals surface area (Å²) in [6, 6.07) is 16.4. The second-order valence-electron chi connectivity index (χ2n) is 4.86. The summed E-state index contributed by atoms with van der Waals surface area (Å²) >= 11 is 6.00. The van der Waals surface area contributed by atoms with E-state index in [9.17, 15) is 4.79 Å². The average molecular weight is 312 g/mol. The van der Waals surface area contributed by atoms with Crippen LogP contribution in [0.4, 0.5) is 0 Å². The summed E-state index contributed by atoms with van der Waals surface area (Å²) in [4.78, 5) is 16.5. The van der Waals surface area contributed by atoms with Crippen LogP contribution in [-0.4, -0.2) is 10.8 Å². The van der Waals surface area contributed by atoms with E-state index >= 15 is 0 Å². The van der Waals surface area contributed by atoms with Gasteiger partial charge in [-0.1, -0.05) is 61.0 Å². The number of ketones is 1. The largest absolute Gasteiger partial charge is 0.440 e. The molecule has 0 spiro atoms. The van der Waals surface area contributed by atoms with E-state index in [1.807, 2.05) is 37.3 Å². The van der Waals surface area contributed by atoms with Gasteiger partial charge < -0.3 is 4.42 Å². The summed E-state index contributed by atoms with van der Waals surface area (Å²) in [5, 5.41) is 0.391. The van der Waals surface area contributed by atoms with Crippen molar-refractivity contribution in [3.05, 3.63) is 76.6 Å². The van der Waals surface area contributed by atoms with Crippen LogP contribution in [0.2, 0.25) is 5.15 Å². The molecule has 0 aliphatic rings. The van der Waals surface area contributed by atoms with Crippen LogP contribution in [0.3, 0.4) is 0 Å². The minimum Gasteiger partial charge on any atom is -0.440 e. The fraction of sp³-hybridized carbons (Fsp3) is 0.111. The van der Waals surface area contributed by atoms with Gasteiger partial charge in [-0.15, -0.1) is 0 Å². The fourth-order valence-electron chi connectivity index (χ4n) is 2.20. The van der Waals surface area contributed by atoms with Crippen LogP contribution in [0.15, 0.2) is 59.0 Å². The second-order valence-corrected chi connectivity index (χ2v) is 5.22. The minimum atomic E-state index is -0.00756. The van der Waals surface area contributed by atoms with Crippen molar-refractivity contribution >= 4 is 17.4 Å². The predicted octanol–water partition coefficient (Wildman–Crippen LogP) is 4.79. The van der Waals surface area contributed by atoms with Crippen LogP contribution >= 0.6 is 11.6 Å². The van der Waals surface area contributed by atoms with Gasteiger partial charge in [-0.25, -0.2) is 0 Å². The lowest BCUT2D eigenvalue weighted by atomic mass is 10.0. The number of hydrogen-bond donors (Lipinski definition) is 0. The molecule has 0 amide bonds. The number of aryl methyl sites for hydroxylation is 1. The van der Waals surface area contributed by atoms with E-state index in [0.29, 0.717) is 34.4 Å². The summed E-state index contributed by atoms with van der Waals surface area (Å²) in [6.07, 6.45) is 0.691. The highest BCUT2D eigenvalue weighted by molar-refractivity contribution is 6.30. The van der Waals surface area contributed by atoms with Crippen molar-refractivity contribution in [2.75, 3.05) is 0 Å². The molecule has 2 aromatic carbocycles. The van der Waals surface area contributed by atoms with Crippen LogP contribution in [0.5, 0.6) is 0 Å². The standard InChI is InChI=1S/C18H14ClNO2/c1-2-15-17(19)20-18(22-15)14-10-8-13(9-11-14)16(21)12-6-4-3-5-7-12/h3-11H,2H2,1H3. The van der Waals surface area contributed by atoms with Crippen LogP contribution in [0.25, 0.3) is 11.5 Å². The van der Waals surface area contributed by atoms with Crippen LogP contribution in [0, 0.1) is 0 Å². The SMILES string of the molecule is CCc1oc(-c2ccc(C(=O)c3ccccc3)cc2)nc1Cl. The number of rotatable bonds is 4. The Morgan fingerprint density at radius 1 is 1.05 bits per heavy atom. The molecule has 3 nitrogen and oxygen atoms in total. The van der Waals surface area contributed by atoms with E-state index in [2.05, 4.69) is 4.98 Å². The normalized spacial score (nSPS) is 10.6. The van der Waals surface area contributed by atoms with Crippen molar-refractivity contribution < 1.29 is 9.21 Å². The topological polar surface area (TPSA) is 43.1 Å². The molecular weight excluding hydrogens is 298 g/mol. The molecule has 0 N–H and O–H groups in total. The molecule has 3 rings (SSSR count). The maximum atomic E-state index is 12.3. The van der Waals surface area contributed by atoms with Crippen LogP contribution in [0.1, 0.15) is 28.6 Å².